The van der Waals surface area contributed by atoms with E-state index in [2.05, 4.69) is 20.9 Å². The van der Waals surface area contributed by atoms with Gasteiger partial charge in [0.25, 0.3) is 0 Å². The SMILES string of the molecule is Cc1nc(C(F)(F)F)cc(Br)c1N. The fraction of sp³-hybridized carbons (Fsp3) is 0.286. The fourth-order valence-electron chi connectivity index (χ4n) is 0.789. The Morgan fingerprint density at radius 2 is 2.00 bits per heavy atom. The minimum Gasteiger partial charge on any atom is -0.396 e. The average molecular weight is 255 g/mol. The molecule has 0 saturated carbocycles. The minimum absolute atomic E-state index is 0.168. The van der Waals surface area contributed by atoms with Gasteiger partial charge < -0.3 is 5.73 Å². The van der Waals surface area contributed by atoms with E-state index in [1.165, 1.54) is 6.92 Å². The van der Waals surface area contributed by atoms with E-state index >= 15 is 0 Å². The second-order valence-electron chi connectivity index (χ2n) is 2.49. The first-order chi connectivity index (χ1) is 5.82. The van der Waals surface area contributed by atoms with Gasteiger partial charge in [0.05, 0.1) is 11.4 Å². The van der Waals surface area contributed by atoms with Gasteiger partial charge in [0.2, 0.25) is 0 Å². The molecule has 1 aromatic heterocycles. The molecule has 1 heterocycles. The van der Waals surface area contributed by atoms with Gasteiger partial charge in [-0.05, 0) is 28.9 Å². The summed E-state index contributed by atoms with van der Waals surface area (Å²) in [5.74, 6) is 0. The number of rotatable bonds is 0. The molecule has 0 spiro atoms. The molecule has 0 aliphatic carbocycles. The summed E-state index contributed by atoms with van der Waals surface area (Å²) in [7, 11) is 0. The molecule has 1 aromatic rings. The van der Waals surface area contributed by atoms with E-state index in [4.69, 9.17) is 5.73 Å². The summed E-state index contributed by atoms with van der Waals surface area (Å²) in [5, 5.41) is 0. The number of nitrogens with zero attached hydrogens (tertiary/aromatic N) is 1. The molecular weight excluding hydrogens is 249 g/mol. The summed E-state index contributed by atoms with van der Waals surface area (Å²) in [4.78, 5) is 3.32. The van der Waals surface area contributed by atoms with Crippen LogP contribution in [0.2, 0.25) is 0 Å². The van der Waals surface area contributed by atoms with Gasteiger partial charge in [0.1, 0.15) is 5.69 Å². The highest BCUT2D eigenvalue weighted by Gasteiger charge is 2.33. The summed E-state index contributed by atoms with van der Waals surface area (Å²) in [5.41, 5.74) is 4.88. The number of aromatic nitrogens is 1. The Hall–Kier alpha value is -0.780. The van der Waals surface area contributed by atoms with Crippen LogP contribution in [0, 0.1) is 6.92 Å². The molecule has 0 atom stereocenters. The summed E-state index contributed by atoms with van der Waals surface area (Å²) < 4.78 is 36.7. The van der Waals surface area contributed by atoms with Crippen LogP contribution in [-0.2, 0) is 6.18 Å². The molecule has 2 N–H and O–H groups in total. The number of pyridine rings is 1. The summed E-state index contributed by atoms with van der Waals surface area (Å²) >= 11 is 2.92. The normalized spacial score (nSPS) is 11.8. The standard InChI is InChI=1S/C7H6BrF3N2/c1-3-6(12)4(8)2-5(13-3)7(9,10)11/h2H,12H2,1H3. The van der Waals surface area contributed by atoms with Crippen LogP contribution in [-0.4, -0.2) is 4.98 Å². The molecule has 0 saturated heterocycles. The Bertz CT molecular complexity index is 312. The third kappa shape index (κ3) is 2.12. The quantitative estimate of drug-likeness (QED) is 0.774. The molecule has 13 heavy (non-hydrogen) atoms. The van der Waals surface area contributed by atoms with Crippen molar-refractivity contribution in [3.63, 3.8) is 0 Å². The molecule has 72 valence electrons. The van der Waals surface area contributed by atoms with Gasteiger partial charge in [-0.1, -0.05) is 0 Å². The zero-order chi connectivity index (χ0) is 10.2. The van der Waals surface area contributed by atoms with Crippen LogP contribution in [0.5, 0.6) is 0 Å². The lowest BCUT2D eigenvalue weighted by atomic mass is 10.2. The maximum atomic E-state index is 12.2. The summed E-state index contributed by atoms with van der Waals surface area (Å²) in [6.07, 6.45) is -4.43. The molecule has 0 aliphatic rings. The largest absolute Gasteiger partial charge is 0.433 e. The van der Waals surface area contributed by atoms with Gasteiger partial charge in [-0.25, -0.2) is 4.98 Å². The molecule has 0 aromatic carbocycles. The lowest BCUT2D eigenvalue weighted by Gasteiger charge is -2.09. The summed E-state index contributed by atoms with van der Waals surface area (Å²) in [6.45, 7) is 1.43. The van der Waals surface area contributed by atoms with E-state index in [-0.39, 0.29) is 15.9 Å². The van der Waals surface area contributed by atoms with Crippen LogP contribution >= 0.6 is 15.9 Å². The molecule has 0 amide bonds. The van der Waals surface area contributed by atoms with E-state index in [1.807, 2.05) is 0 Å². The lowest BCUT2D eigenvalue weighted by molar-refractivity contribution is -0.141. The van der Waals surface area contributed by atoms with Gasteiger partial charge in [0.15, 0.2) is 0 Å². The van der Waals surface area contributed by atoms with Crippen LogP contribution in [0.15, 0.2) is 10.5 Å². The van der Waals surface area contributed by atoms with Crippen molar-refractivity contribution in [3.8, 4) is 0 Å². The molecule has 1 rings (SSSR count). The molecule has 0 fully saturated rings. The molecular formula is C7H6BrF3N2. The minimum atomic E-state index is -4.43. The highest BCUT2D eigenvalue weighted by Crippen LogP contribution is 2.32. The second-order valence-corrected chi connectivity index (χ2v) is 3.34. The Kier molecular flexibility index (Phi) is 2.51. The molecule has 0 unspecified atom stereocenters. The number of halogens is 4. The van der Waals surface area contributed by atoms with Crippen LogP contribution < -0.4 is 5.73 Å². The van der Waals surface area contributed by atoms with E-state index in [1.54, 1.807) is 0 Å². The predicted octanol–water partition coefficient (Wildman–Crippen LogP) is 2.75. The molecule has 0 aliphatic heterocycles. The second kappa shape index (κ2) is 3.17. The Morgan fingerprint density at radius 3 is 2.38 bits per heavy atom. The number of anilines is 1. The number of hydrogen-bond acceptors (Lipinski definition) is 2. The van der Waals surface area contributed by atoms with Crippen molar-refractivity contribution in [2.45, 2.75) is 13.1 Å². The van der Waals surface area contributed by atoms with Crippen molar-refractivity contribution in [1.29, 1.82) is 0 Å². The highest BCUT2D eigenvalue weighted by atomic mass is 79.9. The van der Waals surface area contributed by atoms with Gasteiger partial charge in [-0.3, -0.25) is 0 Å². The van der Waals surface area contributed by atoms with E-state index in [9.17, 15) is 13.2 Å². The third-order valence-corrected chi connectivity index (χ3v) is 2.15. The topological polar surface area (TPSA) is 38.9 Å². The maximum absolute atomic E-state index is 12.2. The average Bonchev–Trinajstić information content (AvgIpc) is 1.97. The predicted molar refractivity (Wildman–Crippen MR) is 46.1 cm³/mol. The van der Waals surface area contributed by atoms with Gasteiger partial charge in [0, 0.05) is 4.47 Å². The van der Waals surface area contributed by atoms with Crippen molar-refractivity contribution in [1.82, 2.24) is 4.98 Å². The van der Waals surface area contributed by atoms with Crippen molar-refractivity contribution >= 4 is 21.6 Å². The van der Waals surface area contributed by atoms with Crippen molar-refractivity contribution in [2.24, 2.45) is 0 Å². The first kappa shape index (κ1) is 10.3. The van der Waals surface area contributed by atoms with E-state index < -0.39 is 11.9 Å². The molecule has 0 radical (unpaired) electrons. The lowest BCUT2D eigenvalue weighted by Crippen LogP contribution is -2.10. The number of aryl methyl sites for hydroxylation is 1. The van der Waals surface area contributed by atoms with E-state index in [0.717, 1.165) is 6.07 Å². The van der Waals surface area contributed by atoms with Crippen molar-refractivity contribution < 1.29 is 13.2 Å². The van der Waals surface area contributed by atoms with Crippen LogP contribution in [0.1, 0.15) is 11.4 Å². The molecule has 6 heteroatoms. The summed E-state index contributed by atoms with van der Waals surface area (Å²) in [6, 6.07) is 0.863. The number of nitrogen functional groups attached to an aromatic ring is 1. The zero-order valence-electron chi connectivity index (χ0n) is 6.61. The number of nitrogens with two attached hydrogens (primary N) is 1. The molecule has 0 bridgehead atoms. The monoisotopic (exact) mass is 254 g/mol. The highest BCUT2D eigenvalue weighted by molar-refractivity contribution is 9.10. The molecule has 2 nitrogen and oxygen atoms in total. The third-order valence-electron chi connectivity index (χ3n) is 1.49. The Labute approximate surface area is 81.1 Å². The number of hydrogen-bond donors (Lipinski definition) is 1. The first-order valence-electron chi connectivity index (χ1n) is 3.32. The van der Waals surface area contributed by atoms with Crippen molar-refractivity contribution in [2.75, 3.05) is 5.73 Å². The Morgan fingerprint density at radius 1 is 1.46 bits per heavy atom. The number of alkyl halides is 3. The van der Waals surface area contributed by atoms with Crippen molar-refractivity contribution in [3.05, 3.63) is 21.9 Å². The first-order valence-corrected chi connectivity index (χ1v) is 4.11. The fourth-order valence-corrected chi connectivity index (χ4v) is 1.29. The van der Waals surface area contributed by atoms with Gasteiger partial charge in [-0.15, -0.1) is 0 Å². The zero-order valence-corrected chi connectivity index (χ0v) is 8.20. The van der Waals surface area contributed by atoms with E-state index in [0.29, 0.717) is 0 Å². The van der Waals surface area contributed by atoms with Gasteiger partial charge in [-0.2, -0.15) is 13.2 Å². The van der Waals surface area contributed by atoms with Crippen LogP contribution in [0.4, 0.5) is 18.9 Å². The smallest absolute Gasteiger partial charge is 0.396 e. The Balaban J connectivity index is 3.29. The maximum Gasteiger partial charge on any atom is 0.433 e. The van der Waals surface area contributed by atoms with Gasteiger partial charge >= 0.3 is 6.18 Å². The van der Waals surface area contributed by atoms with Crippen LogP contribution in [0.25, 0.3) is 0 Å². The van der Waals surface area contributed by atoms with Crippen LogP contribution in [0.3, 0.4) is 0 Å².